The number of hydrogen-bond acceptors (Lipinski definition) is 3. The Morgan fingerprint density at radius 1 is 1.33 bits per heavy atom. The topological polar surface area (TPSA) is 21.3 Å². The van der Waals surface area contributed by atoms with Crippen LogP contribution in [0.5, 0.6) is 0 Å². The summed E-state index contributed by atoms with van der Waals surface area (Å²) in [5.74, 6) is 2.22. The molecule has 2 heterocycles. The monoisotopic (exact) mass is 325 g/mol. The summed E-state index contributed by atoms with van der Waals surface area (Å²) in [6, 6.07) is -0.458. The Morgan fingerprint density at radius 3 is 2.67 bits per heavy atom. The molecule has 0 radical (unpaired) electrons. The molecule has 124 valence electrons. The second kappa shape index (κ2) is 7.55. The molecule has 1 N–H and O–H groups in total. The molecule has 6 heteroatoms. The van der Waals surface area contributed by atoms with Crippen molar-refractivity contribution in [2.45, 2.75) is 63.3 Å². The van der Waals surface area contributed by atoms with Gasteiger partial charge in [0, 0.05) is 12.6 Å². The maximum absolute atomic E-state index is 12.8. The van der Waals surface area contributed by atoms with Crippen LogP contribution in [0.2, 0.25) is 0 Å². The van der Waals surface area contributed by atoms with E-state index in [9.17, 15) is 13.2 Å². The van der Waals surface area contributed by atoms with Crippen LogP contribution in [-0.2, 0) is 4.74 Å². The zero-order valence-corrected chi connectivity index (χ0v) is 13.5. The number of hydrogen-bond donors (Lipinski definition) is 1. The molecule has 0 bridgehead atoms. The molecule has 0 aromatic carbocycles. The molecule has 0 aromatic heterocycles. The fraction of sp³-hybridized carbons (Fsp3) is 1.00. The van der Waals surface area contributed by atoms with E-state index in [1.165, 1.54) is 0 Å². The van der Waals surface area contributed by atoms with Crippen LogP contribution in [0.15, 0.2) is 0 Å². The van der Waals surface area contributed by atoms with Gasteiger partial charge in [0.15, 0.2) is 0 Å². The van der Waals surface area contributed by atoms with Crippen molar-refractivity contribution in [3.63, 3.8) is 0 Å². The highest BCUT2D eigenvalue weighted by Gasteiger charge is 2.43. The van der Waals surface area contributed by atoms with Crippen molar-refractivity contribution in [3.8, 4) is 0 Å². The number of nitrogens with one attached hydrogen (secondary N) is 1. The molecule has 2 fully saturated rings. The van der Waals surface area contributed by atoms with Gasteiger partial charge in [-0.05, 0) is 56.1 Å². The Kier molecular flexibility index (Phi) is 6.26. The van der Waals surface area contributed by atoms with Crippen LogP contribution in [0.1, 0.15) is 45.4 Å². The van der Waals surface area contributed by atoms with Crippen LogP contribution >= 0.6 is 11.8 Å². The van der Waals surface area contributed by atoms with E-state index in [2.05, 4.69) is 5.32 Å². The second-order valence-electron chi connectivity index (χ2n) is 6.28. The zero-order valence-electron chi connectivity index (χ0n) is 12.7. The highest BCUT2D eigenvalue weighted by atomic mass is 32.2. The third kappa shape index (κ3) is 5.32. The van der Waals surface area contributed by atoms with Crippen LogP contribution in [0.3, 0.4) is 0 Å². The predicted octanol–water partition coefficient (Wildman–Crippen LogP) is 4.00. The van der Waals surface area contributed by atoms with Crippen molar-refractivity contribution in [1.82, 2.24) is 5.32 Å². The van der Waals surface area contributed by atoms with Crippen molar-refractivity contribution in [2.75, 3.05) is 24.7 Å². The Bertz CT molecular complexity index is 313. The van der Waals surface area contributed by atoms with Gasteiger partial charge in [-0.2, -0.15) is 24.9 Å². The zero-order chi connectivity index (χ0) is 15.3. The minimum atomic E-state index is -4.10. The van der Waals surface area contributed by atoms with E-state index < -0.39 is 18.6 Å². The quantitative estimate of drug-likeness (QED) is 0.825. The van der Waals surface area contributed by atoms with E-state index in [0.29, 0.717) is 13.2 Å². The molecule has 2 atom stereocenters. The molecule has 2 unspecified atom stereocenters. The fourth-order valence-corrected chi connectivity index (χ4v) is 4.72. The first-order chi connectivity index (χ1) is 9.94. The average molecular weight is 325 g/mol. The van der Waals surface area contributed by atoms with Crippen LogP contribution in [0, 0.1) is 5.92 Å². The van der Waals surface area contributed by atoms with Crippen LogP contribution < -0.4 is 5.32 Å². The molecular weight excluding hydrogens is 299 g/mol. The molecule has 0 aliphatic carbocycles. The largest absolute Gasteiger partial charge is 0.390 e. The summed E-state index contributed by atoms with van der Waals surface area (Å²) in [6.45, 7) is 3.25. The van der Waals surface area contributed by atoms with E-state index in [0.717, 1.165) is 43.6 Å². The minimum absolute atomic E-state index is 0.0787. The maximum atomic E-state index is 12.8. The van der Waals surface area contributed by atoms with Crippen LogP contribution in [-0.4, -0.2) is 42.5 Å². The lowest BCUT2D eigenvalue weighted by molar-refractivity contribution is -0.153. The van der Waals surface area contributed by atoms with Gasteiger partial charge in [0.05, 0.1) is 12.0 Å². The SMILES string of the molecule is CCCNC(CC(F)(F)F)C1CCOC2(CCSCC2)C1. The normalized spacial score (nSPS) is 27.7. The summed E-state index contributed by atoms with van der Waals surface area (Å²) >= 11 is 1.92. The first kappa shape index (κ1) is 17.4. The summed E-state index contributed by atoms with van der Waals surface area (Å²) in [5.41, 5.74) is -0.147. The van der Waals surface area contributed by atoms with E-state index in [4.69, 9.17) is 4.74 Å². The fourth-order valence-electron chi connectivity index (χ4n) is 3.49. The average Bonchev–Trinajstić information content (AvgIpc) is 2.43. The number of halogens is 3. The third-order valence-electron chi connectivity index (χ3n) is 4.61. The first-order valence-corrected chi connectivity index (χ1v) is 9.11. The Morgan fingerprint density at radius 2 is 2.05 bits per heavy atom. The lowest BCUT2D eigenvalue weighted by Gasteiger charge is -2.45. The van der Waals surface area contributed by atoms with Gasteiger partial charge in [0.25, 0.3) is 0 Å². The highest BCUT2D eigenvalue weighted by Crippen LogP contribution is 2.42. The molecule has 2 saturated heterocycles. The Labute approximate surface area is 129 Å². The van der Waals surface area contributed by atoms with Gasteiger partial charge in [-0.25, -0.2) is 0 Å². The molecule has 0 amide bonds. The molecule has 1 spiro atoms. The molecule has 2 rings (SSSR count). The van der Waals surface area contributed by atoms with Gasteiger partial charge >= 0.3 is 6.18 Å². The highest BCUT2D eigenvalue weighted by molar-refractivity contribution is 7.99. The van der Waals surface area contributed by atoms with E-state index in [1.807, 2.05) is 18.7 Å². The second-order valence-corrected chi connectivity index (χ2v) is 7.50. The van der Waals surface area contributed by atoms with Gasteiger partial charge in [0.1, 0.15) is 0 Å². The lowest BCUT2D eigenvalue weighted by Crippen LogP contribution is -2.49. The maximum Gasteiger partial charge on any atom is 0.390 e. The third-order valence-corrected chi connectivity index (χ3v) is 5.60. The van der Waals surface area contributed by atoms with Crippen molar-refractivity contribution in [1.29, 1.82) is 0 Å². The Balaban J connectivity index is 2.00. The van der Waals surface area contributed by atoms with Crippen molar-refractivity contribution < 1.29 is 17.9 Å². The minimum Gasteiger partial charge on any atom is -0.375 e. The summed E-state index contributed by atoms with van der Waals surface area (Å²) < 4.78 is 44.5. The summed E-state index contributed by atoms with van der Waals surface area (Å²) in [5, 5.41) is 3.14. The van der Waals surface area contributed by atoms with Crippen LogP contribution in [0.25, 0.3) is 0 Å². The van der Waals surface area contributed by atoms with Crippen molar-refractivity contribution in [3.05, 3.63) is 0 Å². The van der Waals surface area contributed by atoms with Crippen LogP contribution in [0.4, 0.5) is 13.2 Å². The van der Waals surface area contributed by atoms with Gasteiger partial charge in [-0.1, -0.05) is 6.92 Å². The van der Waals surface area contributed by atoms with Gasteiger partial charge < -0.3 is 10.1 Å². The molecule has 2 aliphatic heterocycles. The van der Waals surface area contributed by atoms with E-state index in [-0.39, 0.29) is 11.5 Å². The standard InChI is InChI=1S/C15H26F3NOS/c1-2-6-19-13(11-15(16,17)18)12-3-7-20-14(10-12)4-8-21-9-5-14/h12-13,19H,2-11H2,1H3. The van der Waals surface area contributed by atoms with Gasteiger partial charge in [0.2, 0.25) is 0 Å². The number of alkyl halides is 3. The summed E-state index contributed by atoms with van der Waals surface area (Å²) in [6.07, 6.45) is -0.458. The Hall–Kier alpha value is 0.0600. The molecule has 0 aromatic rings. The molecule has 2 aliphatic rings. The van der Waals surface area contributed by atoms with E-state index >= 15 is 0 Å². The van der Waals surface area contributed by atoms with Gasteiger partial charge in [-0.15, -0.1) is 0 Å². The number of ether oxygens (including phenoxy) is 1. The molecule has 0 saturated carbocycles. The molecule has 2 nitrogen and oxygen atoms in total. The lowest BCUT2D eigenvalue weighted by atomic mass is 9.77. The van der Waals surface area contributed by atoms with E-state index in [1.54, 1.807) is 0 Å². The first-order valence-electron chi connectivity index (χ1n) is 7.96. The van der Waals surface area contributed by atoms with Crippen molar-refractivity contribution in [2.24, 2.45) is 5.92 Å². The molecular formula is C15H26F3NOS. The number of thioether (sulfide) groups is 1. The van der Waals surface area contributed by atoms with Crippen molar-refractivity contribution >= 4 is 11.8 Å². The molecule has 21 heavy (non-hydrogen) atoms. The van der Waals surface area contributed by atoms with Gasteiger partial charge in [-0.3, -0.25) is 0 Å². The number of rotatable bonds is 5. The predicted molar refractivity (Wildman–Crippen MR) is 80.7 cm³/mol. The summed E-state index contributed by atoms with van der Waals surface area (Å²) in [4.78, 5) is 0. The smallest absolute Gasteiger partial charge is 0.375 e. The summed E-state index contributed by atoms with van der Waals surface area (Å²) in [7, 11) is 0.